The summed E-state index contributed by atoms with van der Waals surface area (Å²) in [6.07, 6.45) is -0.624. The molecule has 7 heteroatoms. The van der Waals surface area contributed by atoms with Crippen LogP contribution in [0.3, 0.4) is 0 Å². The Morgan fingerprint density at radius 3 is 2.71 bits per heavy atom. The van der Waals surface area contributed by atoms with E-state index in [9.17, 15) is 9.90 Å². The smallest absolute Gasteiger partial charge is 0.341 e. The Bertz CT molecular complexity index is 562. The maximum atomic E-state index is 10.7. The van der Waals surface area contributed by atoms with Crippen LogP contribution in [0.25, 0.3) is 0 Å². The van der Waals surface area contributed by atoms with Crippen molar-refractivity contribution in [3.05, 3.63) is 23.8 Å². The molecule has 7 nitrogen and oxygen atoms in total. The largest absolute Gasteiger partial charge is 0.493 e. The van der Waals surface area contributed by atoms with Crippen LogP contribution in [-0.2, 0) is 16.1 Å². The fraction of sp³-hybridized carbons (Fsp3) is 0.588. The van der Waals surface area contributed by atoms with Crippen molar-refractivity contribution < 1.29 is 29.2 Å². The molecule has 1 aromatic carbocycles. The van der Waals surface area contributed by atoms with Gasteiger partial charge >= 0.3 is 5.97 Å². The summed E-state index contributed by atoms with van der Waals surface area (Å²) in [5.41, 5.74) is 0.952. The highest BCUT2D eigenvalue weighted by atomic mass is 16.5. The predicted octanol–water partition coefficient (Wildman–Crippen LogP) is 1.13. The number of ether oxygens (including phenoxy) is 3. The zero-order valence-electron chi connectivity index (χ0n) is 14.3. The van der Waals surface area contributed by atoms with Gasteiger partial charge in [0.2, 0.25) is 0 Å². The molecule has 0 aromatic heterocycles. The summed E-state index contributed by atoms with van der Waals surface area (Å²) in [5, 5.41) is 18.8. The lowest BCUT2D eigenvalue weighted by molar-refractivity contribution is -0.139. The molecule has 1 aliphatic heterocycles. The van der Waals surface area contributed by atoms with E-state index in [0.717, 1.165) is 5.56 Å². The molecule has 0 spiro atoms. The minimum atomic E-state index is -1.04. The van der Waals surface area contributed by atoms with Crippen LogP contribution in [0.15, 0.2) is 18.2 Å². The number of β-amino-alcohol motifs (C(OH)–C–C–N with tert-alkyl or cyclic N) is 1. The van der Waals surface area contributed by atoms with E-state index in [1.165, 1.54) is 7.11 Å². The molecule has 0 aliphatic carbocycles. The van der Waals surface area contributed by atoms with Gasteiger partial charge in [0.25, 0.3) is 0 Å². The number of aliphatic carboxylic acids is 1. The molecule has 1 aromatic rings. The number of hydrogen-bond acceptors (Lipinski definition) is 6. The molecule has 2 rings (SSSR count). The summed E-state index contributed by atoms with van der Waals surface area (Å²) < 4.78 is 16.2. The number of methoxy groups -OCH3 is 1. The predicted molar refractivity (Wildman–Crippen MR) is 87.4 cm³/mol. The van der Waals surface area contributed by atoms with Gasteiger partial charge in [-0.3, -0.25) is 4.90 Å². The quantitative estimate of drug-likeness (QED) is 0.734. The molecular formula is C17H25NO6. The molecule has 0 bridgehead atoms. The second-order valence-corrected chi connectivity index (χ2v) is 6.15. The van der Waals surface area contributed by atoms with Crippen molar-refractivity contribution >= 4 is 5.97 Å². The highest BCUT2D eigenvalue weighted by Gasteiger charge is 2.32. The first-order chi connectivity index (χ1) is 11.4. The molecule has 2 N–H and O–H groups in total. The maximum Gasteiger partial charge on any atom is 0.341 e. The van der Waals surface area contributed by atoms with Gasteiger partial charge in [-0.1, -0.05) is 6.07 Å². The third kappa shape index (κ3) is 5.09. The third-order valence-corrected chi connectivity index (χ3v) is 3.74. The lowest BCUT2D eigenvalue weighted by Crippen LogP contribution is -2.29. The minimum absolute atomic E-state index is 0.0709. The van der Waals surface area contributed by atoms with Crippen LogP contribution in [0, 0.1) is 0 Å². The van der Waals surface area contributed by atoms with E-state index in [1.54, 1.807) is 12.1 Å². The average molecular weight is 339 g/mol. The van der Waals surface area contributed by atoms with Crippen LogP contribution in [0.5, 0.6) is 11.5 Å². The van der Waals surface area contributed by atoms with Crippen molar-refractivity contribution in [3.8, 4) is 11.5 Å². The number of carboxylic acid groups (broad SMARTS) is 1. The van der Waals surface area contributed by atoms with E-state index in [1.807, 2.05) is 19.9 Å². The number of carbonyl (C=O) groups is 1. The molecule has 0 amide bonds. The van der Waals surface area contributed by atoms with Gasteiger partial charge in [0.1, 0.15) is 0 Å². The van der Waals surface area contributed by atoms with Crippen molar-refractivity contribution in [2.45, 2.75) is 38.7 Å². The Balaban J connectivity index is 2.02. The first-order valence-corrected chi connectivity index (χ1v) is 7.96. The third-order valence-electron chi connectivity index (χ3n) is 3.74. The Morgan fingerprint density at radius 2 is 2.08 bits per heavy atom. The SMILES string of the molecule is COc1ccc(CN2C[C@H](OC(C)C)[C@@H](O)C2)cc1OCC(=O)O. The zero-order valence-corrected chi connectivity index (χ0v) is 14.3. The van der Waals surface area contributed by atoms with E-state index in [2.05, 4.69) is 4.90 Å². The molecule has 24 heavy (non-hydrogen) atoms. The number of hydrogen-bond donors (Lipinski definition) is 2. The van der Waals surface area contributed by atoms with Crippen LogP contribution >= 0.6 is 0 Å². The van der Waals surface area contributed by atoms with Crippen LogP contribution < -0.4 is 9.47 Å². The van der Waals surface area contributed by atoms with Gasteiger partial charge in [-0.05, 0) is 31.5 Å². The zero-order chi connectivity index (χ0) is 17.7. The van der Waals surface area contributed by atoms with Crippen LogP contribution in [0.4, 0.5) is 0 Å². The van der Waals surface area contributed by atoms with E-state index < -0.39 is 18.7 Å². The maximum absolute atomic E-state index is 10.7. The molecular weight excluding hydrogens is 314 g/mol. The van der Waals surface area contributed by atoms with Crippen LogP contribution in [-0.4, -0.2) is 66.2 Å². The van der Waals surface area contributed by atoms with E-state index in [-0.39, 0.29) is 12.2 Å². The van der Waals surface area contributed by atoms with Gasteiger partial charge in [-0.2, -0.15) is 0 Å². The van der Waals surface area contributed by atoms with Gasteiger partial charge < -0.3 is 24.4 Å². The molecule has 0 saturated carbocycles. The lowest BCUT2D eigenvalue weighted by Gasteiger charge is -2.18. The highest BCUT2D eigenvalue weighted by Crippen LogP contribution is 2.29. The van der Waals surface area contributed by atoms with Crippen molar-refractivity contribution in [2.24, 2.45) is 0 Å². The van der Waals surface area contributed by atoms with Crippen LogP contribution in [0.1, 0.15) is 19.4 Å². The molecule has 1 fully saturated rings. The number of nitrogens with zero attached hydrogens (tertiary/aromatic N) is 1. The van der Waals surface area contributed by atoms with E-state index in [4.69, 9.17) is 19.3 Å². The molecule has 134 valence electrons. The molecule has 0 unspecified atom stereocenters. The number of rotatable bonds is 8. The van der Waals surface area contributed by atoms with Crippen molar-refractivity contribution in [1.82, 2.24) is 4.90 Å². The fourth-order valence-corrected chi connectivity index (χ4v) is 2.78. The summed E-state index contributed by atoms with van der Waals surface area (Å²) in [7, 11) is 1.51. The number of likely N-dealkylation sites (tertiary alicyclic amines) is 1. The summed E-state index contributed by atoms with van der Waals surface area (Å²) in [4.78, 5) is 12.8. The van der Waals surface area contributed by atoms with E-state index in [0.29, 0.717) is 31.1 Å². The van der Waals surface area contributed by atoms with Gasteiger partial charge in [0.05, 0.1) is 25.4 Å². The van der Waals surface area contributed by atoms with Crippen molar-refractivity contribution in [3.63, 3.8) is 0 Å². The summed E-state index contributed by atoms with van der Waals surface area (Å²) >= 11 is 0. The topological polar surface area (TPSA) is 88.5 Å². The first kappa shape index (κ1) is 18.5. The monoisotopic (exact) mass is 339 g/mol. The van der Waals surface area contributed by atoms with Gasteiger partial charge in [-0.25, -0.2) is 4.79 Å². The molecule has 1 saturated heterocycles. The van der Waals surface area contributed by atoms with Gasteiger partial charge in [0.15, 0.2) is 18.1 Å². The van der Waals surface area contributed by atoms with Crippen molar-refractivity contribution in [1.29, 1.82) is 0 Å². The lowest BCUT2D eigenvalue weighted by atomic mass is 10.2. The van der Waals surface area contributed by atoms with Gasteiger partial charge in [-0.15, -0.1) is 0 Å². The fourth-order valence-electron chi connectivity index (χ4n) is 2.78. The van der Waals surface area contributed by atoms with Gasteiger partial charge in [0, 0.05) is 19.6 Å². The summed E-state index contributed by atoms with van der Waals surface area (Å²) in [6.45, 7) is 5.27. The number of aliphatic hydroxyl groups excluding tert-OH is 1. The number of carboxylic acids is 1. The van der Waals surface area contributed by atoms with Crippen LogP contribution in [0.2, 0.25) is 0 Å². The Labute approximate surface area is 141 Å². The van der Waals surface area contributed by atoms with E-state index >= 15 is 0 Å². The highest BCUT2D eigenvalue weighted by molar-refractivity contribution is 5.68. The number of benzene rings is 1. The Hall–Kier alpha value is -1.83. The second kappa shape index (κ2) is 8.32. The summed E-state index contributed by atoms with van der Waals surface area (Å²) in [6, 6.07) is 5.42. The van der Waals surface area contributed by atoms with Crippen molar-refractivity contribution in [2.75, 3.05) is 26.8 Å². The molecule has 1 heterocycles. The average Bonchev–Trinajstić information content (AvgIpc) is 2.84. The second-order valence-electron chi connectivity index (χ2n) is 6.15. The number of aliphatic hydroxyl groups is 1. The first-order valence-electron chi connectivity index (χ1n) is 7.96. The standard InChI is InChI=1S/C17H25NO6/c1-11(2)24-16-9-18(8-13(16)19)7-12-4-5-14(22-3)15(6-12)23-10-17(20)21/h4-6,11,13,16,19H,7-10H2,1-3H3,(H,20,21)/t13-,16-/m0/s1. The minimum Gasteiger partial charge on any atom is -0.493 e. The normalized spacial score (nSPS) is 21.2. The Kier molecular flexibility index (Phi) is 6.42. The Morgan fingerprint density at radius 1 is 1.33 bits per heavy atom. The summed E-state index contributed by atoms with van der Waals surface area (Å²) in [5.74, 6) is -0.159. The molecule has 2 atom stereocenters. The molecule has 0 radical (unpaired) electrons. The molecule has 1 aliphatic rings.